The summed E-state index contributed by atoms with van der Waals surface area (Å²) in [5.41, 5.74) is 0. The van der Waals surface area contributed by atoms with Crippen molar-refractivity contribution in [3.05, 3.63) is 18.2 Å². The lowest BCUT2D eigenvalue weighted by molar-refractivity contribution is -0.0914. The minimum Gasteiger partial charge on any atom is -0.481 e. The van der Waals surface area contributed by atoms with Crippen LogP contribution in [0.2, 0.25) is 0 Å². The molecule has 0 radical (unpaired) electrons. The number of ether oxygens (including phenoxy) is 3. The molecule has 0 aromatic carbocycles. The van der Waals surface area contributed by atoms with E-state index in [2.05, 4.69) is 10.3 Å². The molecule has 1 aromatic heterocycles. The Morgan fingerprint density at radius 3 is 2.60 bits per heavy atom. The monoisotopic (exact) mass is 212 g/mol. The van der Waals surface area contributed by atoms with Crippen molar-refractivity contribution >= 4 is 5.82 Å². The highest BCUT2D eigenvalue weighted by Crippen LogP contribution is 2.10. The lowest BCUT2D eigenvalue weighted by Crippen LogP contribution is -2.23. The number of hydrogen-bond donors (Lipinski definition) is 1. The van der Waals surface area contributed by atoms with E-state index in [9.17, 15) is 0 Å². The molecule has 0 aliphatic carbocycles. The SMILES string of the molecule is COc1cccc(NCC(OC)OC)n1. The van der Waals surface area contributed by atoms with Crippen molar-refractivity contribution in [1.29, 1.82) is 0 Å². The summed E-state index contributed by atoms with van der Waals surface area (Å²) in [7, 11) is 4.77. The summed E-state index contributed by atoms with van der Waals surface area (Å²) in [6, 6.07) is 5.50. The van der Waals surface area contributed by atoms with Crippen LogP contribution in [0.15, 0.2) is 18.2 Å². The number of hydrogen-bond acceptors (Lipinski definition) is 5. The average molecular weight is 212 g/mol. The minimum absolute atomic E-state index is 0.280. The Kier molecular flexibility index (Phi) is 4.86. The van der Waals surface area contributed by atoms with E-state index in [-0.39, 0.29) is 6.29 Å². The van der Waals surface area contributed by atoms with Crippen LogP contribution in [0.4, 0.5) is 5.82 Å². The molecule has 84 valence electrons. The summed E-state index contributed by atoms with van der Waals surface area (Å²) >= 11 is 0. The van der Waals surface area contributed by atoms with Gasteiger partial charge in [0.15, 0.2) is 6.29 Å². The average Bonchev–Trinajstić information content (AvgIpc) is 2.31. The van der Waals surface area contributed by atoms with E-state index in [0.717, 1.165) is 5.82 Å². The molecule has 0 atom stereocenters. The molecule has 0 aliphatic heterocycles. The first-order valence-electron chi connectivity index (χ1n) is 4.60. The fraction of sp³-hybridized carbons (Fsp3) is 0.500. The predicted octanol–water partition coefficient (Wildman–Crippen LogP) is 1.12. The van der Waals surface area contributed by atoms with Crippen LogP contribution in [0.1, 0.15) is 0 Å². The molecule has 1 aromatic rings. The van der Waals surface area contributed by atoms with Gasteiger partial charge in [-0.25, -0.2) is 0 Å². The fourth-order valence-corrected chi connectivity index (χ4v) is 1.08. The van der Waals surface area contributed by atoms with Crippen LogP contribution >= 0.6 is 0 Å². The van der Waals surface area contributed by atoms with Crippen molar-refractivity contribution in [2.45, 2.75) is 6.29 Å². The van der Waals surface area contributed by atoms with Crippen molar-refractivity contribution in [2.75, 3.05) is 33.2 Å². The summed E-state index contributed by atoms with van der Waals surface area (Å²) < 4.78 is 15.1. The molecule has 5 heteroatoms. The van der Waals surface area contributed by atoms with Crippen LogP contribution in [0.5, 0.6) is 5.88 Å². The van der Waals surface area contributed by atoms with Gasteiger partial charge < -0.3 is 19.5 Å². The first kappa shape index (κ1) is 11.7. The van der Waals surface area contributed by atoms with E-state index < -0.39 is 0 Å². The van der Waals surface area contributed by atoms with Crippen LogP contribution in [0.25, 0.3) is 0 Å². The van der Waals surface area contributed by atoms with Crippen molar-refractivity contribution < 1.29 is 14.2 Å². The van der Waals surface area contributed by atoms with E-state index in [1.165, 1.54) is 0 Å². The zero-order chi connectivity index (χ0) is 11.1. The molecule has 0 fully saturated rings. The third kappa shape index (κ3) is 3.73. The van der Waals surface area contributed by atoms with Crippen LogP contribution in [0, 0.1) is 0 Å². The molecule has 1 rings (SSSR count). The second-order valence-electron chi connectivity index (χ2n) is 2.85. The molecule has 5 nitrogen and oxygen atoms in total. The van der Waals surface area contributed by atoms with Gasteiger partial charge in [0.25, 0.3) is 0 Å². The highest BCUT2D eigenvalue weighted by atomic mass is 16.7. The molecule has 0 bridgehead atoms. The van der Waals surface area contributed by atoms with Gasteiger partial charge in [-0.2, -0.15) is 4.98 Å². The number of nitrogens with one attached hydrogen (secondary N) is 1. The van der Waals surface area contributed by atoms with E-state index in [0.29, 0.717) is 12.4 Å². The minimum atomic E-state index is -0.280. The number of anilines is 1. The van der Waals surface area contributed by atoms with Crippen LogP contribution in [0.3, 0.4) is 0 Å². The van der Waals surface area contributed by atoms with Gasteiger partial charge in [0, 0.05) is 20.3 Å². The Morgan fingerprint density at radius 1 is 1.27 bits per heavy atom. The number of nitrogens with zero attached hydrogens (tertiary/aromatic N) is 1. The fourth-order valence-electron chi connectivity index (χ4n) is 1.08. The van der Waals surface area contributed by atoms with Gasteiger partial charge in [-0.05, 0) is 6.07 Å². The molecule has 15 heavy (non-hydrogen) atoms. The van der Waals surface area contributed by atoms with Gasteiger partial charge >= 0.3 is 0 Å². The molecule has 0 spiro atoms. The molecule has 1 heterocycles. The van der Waals surface area contributed by atoms with Gasteiger partial charge in [0.1, 0.15) is 5.82 Å². The van der Waals surface area contributed by atoms with Crippen molar-refractivity contribution in [3.63, 3.8) is 0 Å². The third-order valence-corrected chi connectivity index (χ3v) is 1.91. The number of aromatic nitrogens is 1. The summed E-state index contributed by atoms with van der Waals surface area (Å²) in [5.74, 6) is 1.31. The lowest BCUT2D eigenvalue weighted by atomic mass is 10.4. The van der Waals surface area contributed by atoms with E-state index in [1.807, 2.05) is 12.1 Å². The Bertz CT molecular complexity index is 290. The van der Waals surface area contributed by atoms with Crippen LogP contribution in [-0.4, -0.2) is 39.1 Å². The second kappa shape index (κ2) is 6.21. The Hall–Kier alpha value is -1.33. The van der Waals surface area contributed by atoms with Gasteiger partial charge in [0.05, 0.1) is 13.7 Å². The standard InChI is InChI=1S/C10H16N2O3/c1-13-9-6-4-5-8(12-9)11-7-10(14-2)15-3/h4-6,10H,7H2,1-3H3,(H,11,12). The Balaban J connectivity index is 2.49. The van der Waals surface area contributed by atoms with Crippen LogP contribution in [-0.2, 0) is 9.47 Å². The largest absolute Gasteiger partial charge is 0.481 e. The Labute approximate surface area is 89.4 Å². The van der Waals surface area contributed by atoms with E-state index in [1.54, 1.807) is 27.4 Å². The molecule has 0 amide bonds. The molecule has 0 aliphatic rings. The highest BCUT2D eigenvalue weighted by molar-refractivity contribution is 5.36. The van der Waals surface area contributed by atoms with E-state index >= 15 is 0 Å². The predicted molar refractivity (Wildman–Crippen MR) is 57.1 cm³/mol. The molecule has 1 N–H and O–H groups in total. The zero-order valence-electron chi connectivity index (χ0n) is 9.19. The first-order chi connectivity index (χ1) is 7.30. The van der Waals surface area contributed by atoms with Crippen molar-refractivity contribution in [2.24, 2.45) is 0 Å². The zero-order valence-corrected chi connectivity index (χ0v) is 9.19. The van der Waals surface area contributed by atoms with Gasteiger partial charge in [-0.3, -0.25) is 0 Å². The second-order valence-corrected chi connectivity index (χ2v) is 2.85. The maximum Gasteiger partial charge on any atom is 0.214 e. The number of rotatable bonds is 6. The molecule has 0 unspecified atom stereocenters. The smallest absolute Gasteiger partial charge is 0.214 e. The van der Waals surface area contributed by atoms with Crippen molar-refractivity contribution in [1.82, 2.24) is 4.98 Å². The van der Waals surface area contributed by atoms with Gasteiger partial charge in [-0.15, -0.1) is 0 Å². The molecule has 0 saturated carbocycles. The Morgan fingerprint density at radius 2 is 2.00 bits per heavy atom. The number of methoxy groups -OCH3 is 3. The molecular weight excluding hydrogens is 196 g/mol. The van der Waals surface area contributed by atoms with Crippen molar-refractivity contribution in [3.8, 4) is 5.88 Å². The first-order valence-corrected chi connectivity index (χ1v) is 4.60. The van der Waals surface area contributed by atoms with Crippen LogP contribution < -0.4 is 10.1 Å². The summed E-state index contributed by atoms with van der Waals surface area (Å²) in [4.78, 5) is 4.19. The summed E-state index contributed by atoms with van der Waals surface area (Å²) in [6.45, 7) is 0.535. The maximum atomic E-state index is 5.03. The normalized spacial score (nSPS) is 10.4. The maximum absolute atomic E-state index is 5.03. The van der Waals surface area contributed by atoms with E-state index in [4.69, 9.17) is 14.2 Å². The molecular formula is C10H16N2O3. The number of pyridine rings is 1. The third-order valence-electron chi connectivity index (χ3n) is 1.91. The van der Waals surface area contributed by atoms with Gasteiger partial charge in [0.2, 0.25) is 5.88 Å². The topological polar surface area (TPSA) is 52.6 Å². The molecule has 0 saturated heterocycles. The van der Waals surface area contributed by atoms with Gasteiger partial charge in [-0.1, -0.05) is 6.07 Å². The summed E-state index contributed by atoms with van der Waals surface area (Å²) in [6.07, 6.45) is -0.280. The quantitative estimate of drug-likeness (QED) is 0.716. The lowest BCUT2D eigenvalue weighted by Gasteiger charge is -2.14. The highest BCUT2D eigenvalue weighted by Gasteiger charge is 2.04. The summed E-state index contributed by atoms with van der Waals surface area (Å²) in [5, 5.41) is 3.08.